The Morgan fingerprint density at radius 1 is 0.943 bits per heavy atom. The Morgan fingerprint density at radius 3 is 2.66 bits per heavy atom. The SMILES string of the molecule is CC(C)Nc1cncc(-c2cnc3[nH]nc(-c4nc5c(-c6ccccc6F)nccc5[nH]4)c3c2)c1. The fraction of sp³-hybridized carbons (Fsp3) is 0.115. The third-order valence-corrected chi connectivity index (χ3v) is 5.70. The highest BCUT2D eigenvalue weighted by atomic mass is 19.1. The van der Waals surface area contributed by atoms with Crippen LogP contribution in [-0.2, 0) is 0 Å². The monoisotopic (exact) mass is 464 g/mol. The number of aromatic nitrogens is 7. The van der Waals surface area contributed by atoms with Gasteiger partial charge in [-0.15, -0.1) is 0 Å². The number of nitrogens with zero attached hydrogens (tertiary/aromatic N) is 5. The summed E-state index contributed by atoms with van der Waals surface area (Å²) in [5.41, 5.74) is 6.23. The van der Waals surface area contributed by atoms with Crippen molar-refractivity contribution in [3.63, 3.8) is 0 Å². The topological polar surface area (TPSA) is 108 Å². The molecule has 172 valence electrons. The summed E-state index contributed by atoms with van der Waals surface area (Å²) in [5.74, 6) is 0.197. The summed E-state index contributed by atoms with van der Waals surface area (Å²) in [4.78, 5) is 21.4. The summed E-state index contributed by atoms with van der Waals surface area (Å²) in [6, 6.07) is 12.7. The summed E-state index contributed by atoms with van der Waals surface area (Å²) in [6.07, 6.45) is 7.04. The Bertz CT molecular complexity index is 1680. The molecule has 9 heteroatoms. The number of imidazole rings is 1. The number of pyridine rings is 3. The van der Waals surface area contributed by atoms with E-state index in [0.717, 1.165) is 27.7 Å². The van der Waals surface area contributed by atoms with Crippen LogP contribution in [0.15, 0.2) is 67.3 Å². The van der Waals surface area contributed by atoms with Crippen LogP contribution >= 0.6 is 0 Å². The fourth-order valence-corrected chi connectivity index (χ4v) is 4.15. The quantitative estimate of drug-likeness (QED) is 0.307. The van der Waals surface area contributed by atoms with E-state index in [9.17, 15) is 4.39 Å². The van der Waals surface area contributed by atoms with Crippen molar-refractivity contribution in [1.82, 2.24) is 35.1 Å². The molecule has 0 aliphatic carbocycles. The molecule has 0 saturated carbocycles. The van der Waals surface area contributed by atoms with E-state index < -0.39 is 0 Å². The Labute approximate surface area is 199 Å². The zero-order chi connectivity index (χ0) is 23.9. The van der Waals surface area contributed by atoms with Gasteiger partial charge in [-0.05, 0) is 44.2 Å². The van der Waals surface area contributed by atoms with Crippen LogP contribution in [0, 0.1) is 5.82 Å². The Balaban J connectivity index is 1.46. The van der Waals surface area contributed by atoms with E-state index in [2.05, 4.69) is 49.3 Å². The maximum absolute atomic E-state index is 14.5. The van der Waals surface area contributed by atoms with E-state index in [-0.39, 0.29) is 5.82 Å². The molecule has 5 aromatic heterocycles. The average Bonchev–Trinajstić information content (AvgIpc) is 3.47. The van der Waals surface area contributed by atoms with Gasteiger partial charge >= 0.3 is 0 Å². The highest BCUT2D eigenvalue weighted by Crippen LogP contribution is 2.32. The Morgan fingerprint density at radius 2 is 1.80 bits per heavy atom. The van der Waals surface area contributed by atoms with Crippen molar-refractivity contribution in [2.45, 2.75) is 19.9 Å². The van der Waals surface area contributed by atoms with E-state index in [0.29, 0.717) is 40.0 Å². The maximum atomic E-state index is 14.5. The van der Waals surface area contributed by atoms with Crippen molar-refractivity contribution in [3.05, 3.63) is 73.1 Å². The van der Waals surface area contributed by atoms with E-state index in [1.807, 2.05) is 24.4 Å². The lowest BCUT2D eigenvalue weighted by molar-refractivity contribution is 0.631. The largest absolute Gasteiger partial charge is 0.382 e. The molecule has 8 nitrogen and oxygen atoms in total. The van der Waals surface area contributed by atoms with Crippen molar-refractivity contribution < 1.29 is 4.39 Å². The van der Waals surface area contributed by atoms with Crippen LogP contribution in [0.5, 0.6) is 0 Å². The van der Waals surface area contributed by atoms with Crippen LogP contribution in [0.4, 0.5) is 10.1 Å². The van der Waals surface area contributed by atoms with Crippen molar-refractivity contribution in [2.24, 2.45) is 0 Å². The van der Waals surface area contributed by atoms with Gasteiger partial charge < -0.3 is 10.3 Å². The molecule has 0 aliphatic rings. The van der Waals surface area contributed by atoms with Gasteiger partial charge in [0.2, 0.25) is 0 Å². The molecular weight excluding hydrogens is 443 g/mol. The first kappa shape index (κ1) is 20.9. The molecule has 0 bridgehead atoms. The van der Waals surface area contributed by atoms with Gasteiger partial charge in [0.25, 0.3) is 0 Å². The molecule has 0 aliphatic heterocycles. The summed E-state index contributed by atoms with van der Waals surface area (Å²) in [7, 11) is 0. The number of aromatic amines is 2. The predicted octanol–water partition coefficient (Wildman–Crippen LogP) is 5.58. The maximum Gasteiger partial charge on any atom is 0.159 e. The van der Waals surface area contributed by atoms with Gasteiger partial charge in [0.05, 0.1) is 16.6 Å². The number of halogens is 1. The third-order valence-electron chi connectivity index (χ3n) is 5.70. The molecule has 0 amide bonds. The van der Waals surface area contributed by atoms with Gasteiger partial charge in [0, 0.05) is 47.5 Å². The molecule has 0 unspecified atom stereocenters. The standard InChI is InChI=1S/C26H21FN8/c1-14(2)31-17-9-15(11-28-13-17)16-10-19-23(34-35-25(19)30-12-16)26-32-21-7-8-29-22(24(21)33-26)18-5-3-4-6-20(18)27/h3-14,31H,1-2H3,(H,32,33)(H,30,34,35). The molecule has 35 heavy (non-hydrogen) atoms. The van der Waals surface area contributed by atoms with Crippen LogP contribution in [0.2, 0.25) is 0 Å². The first-order valence-electron chi connectivity index (χ1n) is 11.2. The van der Waals surface area contributed by atoms with E-state index in [4.69, 9.17) is 4.98 Å². The minimum Gasteiger partial charge on any atom is -0.382 e. The zero-order valence-electron chi connectivity index (χ0n) is 19.0. The molecule has 6 rings (SSSR count). The van der Waals surface area contributed by atoms with Gasteiger partial charge in [0.1, 0.15) is 22.7 Å². The Hall–Kier alpha value is -4.66. The van der Waals surface area contributed by atoms with Crippen LogP contribution < -0.4 is 5.32 Å². The number of anilines is 1. The van der Waals surface area contributed by atoms with Gasteiger partial charge in [-0.25, -0.2) is 14.4 Å². The van der Waals surface area contributed by atoms with Gasteiger partial charge in [-0.1, -0.05) is 12.1 Å². The van der Waals surface area contributed by atoms with Crippen molar-refractivity contribution in [2.75, 3.05) is 5.32 Å². The lowest BCUT2D eigenvalue weighted by atomic mass is 10.1. The molecule has 6 aromatic rings. The number of H-pyrrole nitrogens is 2. The normalized spacial score (nSPS) is 11.5. The lowest BCUT2D eigenvalue weighted by Crippen LogP contribution is -2.09. The minimum atomic E-state index is -0.348. The third kappa shape index (κ3) is 3.76. The van der Waals surface area contributed by atoms with Crippen LogP contribution in [0.25, 0.3) is 56.0 Å². The molecule has 0 fully saturated rings. The second-order valence-corrected chi connectivity index (χ2v) is 8.57. The fourth-order valence-electron chi connectivity index (χ4n) is 4.15. The summed E-state index contributed by atoms with van der Waals surface area (Å²) in [6.45, 7) is 4.16. The summed E-state index contributed by atoms with van der Waals surface area (Å²) >= 11 is 0. The van der Waals surface area contributed by atoms with E-state index >= 15 is 0 Å². The summed E-state index contributed by atoms with van der Waals surface area (Å²) < 4.78 is 14.5. The van der Waals surface area contributed by atoms with Gasteiger partial charge in [0.15, 0.2) is 11.5 Å². The number of hydrogen-bond donors (Lipinski definition) is 3. The van der Waals surface area contributed by atoms with Crippen LogP contribution in [0.3, 0.4) is 0 Å². The van der Waals surface area contributed by atoms with Crippen molar-refractivity contribution >= 4 is 27.8 Å². The Kier molecular flexibility index (Phi) is 4.95. The molecule has 3 N–H and O–H groups in total. The summed E-state index contributed by atoms with van der Waals surface area (Å²) in [5, 5.41) is 11.6. The van der Waals surface area contributed by atoms with Gasteiger partial charge in [-0.3, -0.25) is 15.1 Å². The molecular formula is C26H21FN8. The highest BCUT2D eigenvalue weighted by Gasteiger charge is 2.18. The molecule has 0 radical (unpaired) electrons. The van der Waals surface area contributed by atoms with Crippen LogP contribution in [-0.4, -0.2) is 41.2 Å². The van der Waals surface area contributed by atoms with Crippen molar-refractivity contribution in [1.29, 1.82) is 0 Å². The number of benzene rings is 1. The van der Waals surface area contributed by atoms with Gasteiger partial charge in [-0.2, -0.15) is 5.10 Å². The smallest absolute Gasteiger partial charge is 0.159 e. The van der Waals surface area contributed by atoms with E-state index in [1.54, 1.807) is 36.8 Å². The van der Waals surface area contributed by atoms with Crippen LogP contribution in [0.1, 0.15) is 13.8 Å². The molecule has 1 aromatic carbocycles. The lowest BCUT2D eigenvalue weighted by Gasteiger charge is -2.10. The minimum absolute atomic E-state index is 0.296. The molecule has 0 saturated heterocycles. The zero-order valence-corrected chi connectivity index (χ0v) is 19.0. The second kappa shape index (κ2) is 8.28. The first-order valence-corrected chi connectivity index (χ1v) is 11.2. The van der Waals surface area contributed by atoms with Crippen molar-refractivity contribution in [3.8, 4) is 33.9 Å². The molecule has 0 spiro atoms. The number of fused-ring (bicyclic) bond motifs is 2. The average molecular weight is 465 g/mol. The number of rotatable bonds is 5. The number of hydrogen-bond acceptors (Lipinski definition) is 6. The second-order valence-electron chi connectivity index (χ2n) is 8.57. The number of nitrogens with one attached hydrogen (secondary N) is 3. The molecule has 5 heterocycles. The van der Waals surface area contributed by atoms with E-state index in [1.165, 1.54) is 6.07 Å². The first-order chi connectivity index (χ1) is 17.1. The predicted molar refractivity (Wildman–Crippen MR) is 134 cm³/mol. The highest BCUT2D eigenvalue weighted by molar-refractivity contribution is 5.96. The molecule has 0 atom stereocenters.